The van der Waals surface area contributed by atoms with Crippen LogP contribution in [0.5, 0.6) is 0 Å². The number of hydrogen-bond acceptors (Lipinski definition) is 2. The second-order valence-electron chi connectivity index (χ2n) is 6.01. The lowest BCUT2D eigenvalue weighted by Crippen LogP contribution is -2.40. The van der Waals surface area contributed by atoms with Gasteiger partial charge < -0.3 is 10.0 Å². The molecule has 0 bridgehead atoms. The minimum atomic E-state index is -0.676. The van der Waals surface area contributed by atoms with Crippen LogP contribution < -0.4 is 4.90 Å². The molecule has 3 heteroatoms. The fourth-order valence-corrected chi connectivity index (χ4v) is 2.02. The average Bonchev–Trinajstić information content (AvgIpc) is 2.25. The van der Waals surface area contributed by atoms with Crippen LogP contribution in [-0.4, -0.2) is 18.2 Å². The van der Waals surface area contributed by atoms with Gasteiger partial charge in [0.2, 0.25) is 0 Å². The number of aliphatic hydroxyl groups excluding tert-OH is 1. The molecule has 2 atom stereocenters. The van der Waals surface area contributed by atoms with Gasteiger partial charge >= 0.3 is 0 Å². The summed E-state index contributed by atoms with van der Waals surface area (Å²) in [6.45, 7) is 10.1. The van der Waals surface area contributed by atoms with Crippen molar-refractivity contribution in [2.45, 2.75) is 46.8 Å². The lowest BCUT2D eigenvalue weighted by molar-refractivity contribution is 0.198. The van der Waals surface area contributed by atoms with Gasteiger partial charge in [-0.2, -0.15) is 0 Å². The zero-order valence-electron chi connectivity index (χ0n) is 12.2. The van der Waals surface area contributed by atoms with Gasteiger partial charge in [0.15, 0.2) is 0 Å². The summed E-state index contributed by atoms with van der Waals surface area (Å²) in [5.74, 6) is -0.285. The number of nitrogens with zero attached hydrogens (tertiary/aromatic N) is 1. The van der Waals surface area contributed by atoms with E-state index in [-0.39, 0.29) is 17.3 Å². The zero-order valence-corrected chi connectivity index (χ0v) is 12.2. The highest BCUT2D eigenvalue weighted by Crippen LogP contribution is 2.33. The molecule has 0 aliphatic heterocycles. The maximum Gasteiger partial charge on any atom is 0.146 e. The van der Waals surface area contributed by atoms with Crippen molar-refractivity contribution in [1.82, 2.24) is 0 Å². The predicted octanol–water partition coefficient (Wildman–Crippen LogP) is 3.75. The minimum Gasteiger partial charge on any atom is -0.389 e. The van der Waals surface area contributed by atoms with Crippen LogP contribution in [0.15, 0.2) is 18.2 Å². The monoisotopic (exact) mass is 253 g/mol. The molecule has 0 fully saturated rings. The van der Waals surface area contributed by atoms with E-state index in [1.807, 2.05) is 11.9 Å². The molecular formula is C15H24FNO. The first-order chi connectivity index (χ1) is 8.16. The van der Waals surface area contributed by atoms with E-state index in [1.165, 1.54) is 6.07 Å². The molecular weight excluding hydrogens is 229 g/mol. The summed E-state index contributed by atoms with van der Waals surface area (Å²) >= 11 is 0. The molecule has 2 nitrogen and oxygen atoms in total. The van der Waals surface area contributed by atoms with E-state index in [4.69, 9.17) is 0 Å². The van der Waals surface area contributed by atoms with Crippen molar-refractivity contribution in [2.75, 3.05) is 11.9 Å². The third-order valence-corrected chi connectivity index (χ3v) is 3.66. The van der Waals surface area contributed by atoms with Gasteiger partial charge in [0.25, 0.3) is 0 Å². The lowest BCUT2D eigenvalue weighted by atomic mass is 9.86. The smallest absolute Gasteiger partial charge is 0.146 e. The molecule has 1 N–H and O–H groups in total. The van der Waals surface area contributed by atoms with Gasteiger partial charge in [0.1, 0.15) is 5.82 Å². The molecule has 18 heavy (non-hydrogen) atoms. The molecule has 0 spiro atoms. The maximum absolute atomic E-state index is 14.1. The van der Waals surface area contributed by atoms with Crippen LogP contribution >= 0.6 is 0 Å². The third-order valence-electron chi connectivity index (χ3n) is 3.66. The first kappa shape index (κ1) is 15.0. The first-order valence-electron chi connectivity index (χ1n) is 6.35. The molecule has 102 valence electrons. The summed E-state index contributed by atoms with van der Waals surface area (Å²) in [6.07, 6.45) is -0.676. The predicted molar refractivity (Wildman–Crippen MR) is 74.4 cm³/mol. The van der Waals surface area contributed by atoms with Crippen LogP contribution in [0.2, 0.25) is 0 Å². The SMILES string of the molecule is CC(N(C)c1c(F)cccc1[C@H](C)O)C(C)(C)C. The van der Waals surface area contributed by atoms with Gasteiger partial charge in [0, 0.05) is 18.7 Å². The van der Waals surface area contributed by atoms with Crippen molar-refractivity contribution in [2.24, 2.45) is 5.41 Å². The van der Waals surface area contributed by atoms with Crippen LogP contribution in [0.25, 0.3) is 0 Å². The van der Waals surface area contributed by atoms with E-state index in [0.717, 1.165) is 0 Å². The zero-order chi connectivity index (χ0) is 14.1. The number of anilines is 1. The number of rotatable bonds is 3. The molecule has 0 radical (unpaired) electrons. The van der Waals surface area contributed by atoms with Crippen LogP contribution in [0.1, 0.15) is 46.3 Å². The van der Waals surface area contributed by atoms with Crippen LogP contribution in [0, 0.1) is 11.2 Å². The highest BCUT2D eigenvalue weighted by molar-refractivity contribution is 5.56. The average molecular weight is 253 g/mol. The first-order valence-corrected chi connectivity index (χ1v) is 6.35. The van der Waals surface area contributed by atoms with E-state index < -0.39 is 6.10 Å². The topological polar surface area (TPSA) is 23.5 Å². The number of hydrogen-bond donors (Lipinski definition) is 1. The Kier molecular flexibility index (Phi) is 4.38. The van der Waals surface area contributed by atoms with Crippen LogP contribution in [0.3, 0.4) is 0 Å². The summed E-state index contributed by atoms with van der Waals surface area (Å²) in [7, 11) is 1.88. The summed E-state index contributed by atoms with van der Waals surface area (Å²) in [6, 6.07) is 5.00. The van der Waals surface area contributed by atoms with E-state index in [9.17, 15) is 9.50 Å². The quantitative estimate of drug-likeness (QED) is 0.886. The fourth-order valence-electron chi connectivity index (χ4n) is 2.02. The standard InChI is InChI=1S/C15H24FNO/c1-10(18)12-8-7-9-13(16)14(12)17(6)11(2)15(3,4)5/h7-11,18H,1-6H3/t10-,11?/m0/s1. The molecule has 0 aliphatic rings. The Hall–Kier alpha value is -1.09. The van der Waals surface area contributed by atoms with E-state index in [2.05, 4.69) is 27.7 Å². The Morgan fingerprint density at radius 3 is 2.22 bits per heavy atom. The summed E-state index contributed by atoms with van der Waals surface area (Å²) in [5.41, 5.74) is 1.16. The lowest BCUT2D eigenvalue weighted by Gasteiger charge is -2.38. The highest BCUT2D eigenvalue weighted by Gasteiger charge is 2.27. The molecule has 1 rings (SSSR count). The highest BCUT2D eigenvalue weighted by atomic mass is 19.1. The van der Waals surface area contributed by atoms with Crippen molar-refractivity contribution < 1.29 is 9.50 Å². The molecule has 0 saturated carbocycles. The molecule has 1 aromatic rings. The fraction of sp³-hybridized carbons (Fsp3) is 0.600. The van der Waals surface area contributed by atoms with Crippen molar-refractivity contribution >= 4 is 5.69 Å². The van der Waals surface area contributed by atoms with Gasteiger partial charge in [-0.3, -0.25) is 0 Å². The summed E-state index contributed by atoms with van der Waals surface area (Å²) in [4.78, 5) is 1.91. The second-order valence-corrected chi connectivity index (χ2v) is 6.01. The summed E-state index contributed by atoms with van der Waals surface area (Å²) < 4.78 is 14.1. The van der Waals surface area contributed by atoms with Crippen molar-refractivity contribution in [1.29, 1.82) is 0 Å². The molecule has 1 aromatic carbocycles. The minimum absolute atomic E-state index is 0.0347. The molecule has 0 aromatic heterocycles. The number of halogens is 1. The molecule has 1 unspecified atom stereocenters. The molecule has 0 heterocycles. The molecule has 0 aliphatic carbocycles. The van der Waals surface area contributed by atoms with Crippen molar-refractivity contribution in [3.05, 3.63) is 29.6 Å². The Bertz CT molecular complexity index is 409. The third kappa shape index (κ3) is 3.02. The Balaban J connectivity index is 3.24. The van der Waals surface area contributed by atoms with Crippen LogP contribution in [-0.2, 0) is 0 Å². The second kappa shape index (κ2) is 5.27. The van der Waals surface area contributed by atoms with Gasteiger partial charge in [0.05, 0.1) is 11.8 Å². The Labute approximate surface area is 109 Å². The van der Waals surface area contributed by atoms with E-state index in [1.54, 1.807) is 19.1 Å². The molecule has 0 amide bonds. The largest absolute Gasteiger partial charge is 0.389 e. The summed E-state index contributed by atoms with van der Waals surface area (Å²) in [5, 5.41) is 9.77. The Morgan fingerprint density at radius 2 is 1.78 bits per heavy atom. The number of aliphatic hydroxyl groups is 1. The van der Waals surface area contributed by atoms with Gasteiger partial charge in [-0.15, -0.1) is 0 Å². The van der Waals surface area contributed by atoms with Gasteiger partial charge in [-0.25, -0.2) is 4.39 Å². The number of benzene rings is 1. The van der Waals surface area contributed by atoms with E-state index >= 15 is 0 Å². The van der Waals surface area contributed by atoms with Crippen molar-refractivity contribution in [3.8, 4) is 0 Å². The normalized spacial score (nSPS) is 15.3. The Morgan fingerprint density at radius 1 is 1.22 bits per heavy atom. The van der Waals surface area contributed by atoms with Gasteiger partial charge in [-0.1, -0.05) is 32.9 Å². The van der Waals surface area contributed by atoms with Crippen LogP contribution in [0.4, 0.5) is 10.1 Å². The maximum atomic E-state index is 14.1. The number of para-hydroxylation sites is 1. The van der Waals surface area contributed by atoms with Crippen molar-refractivity contribution in [3.63, 3.8) is 0 Å². The molecule has 0 saturated heterocycles. The van der Waals surface area contributed by atoms with E-state index in [0.29, 0.717) is 11.3 Å². The van der Waals surface area contributed by atoms with Gasteiger partial charge in [-0.05, 0) is 25.3 Å².